The van der Waals surface area contributed by atoms with Crippen LogP contribution in [0.25, 0.3) is 0 Å². The number of nitriles is 1. The lowest BCUT2D eigenvalue weighted by molar-refractivity contribution is -0.116. The minimum Gasteiger partial charge on any atom is -0.362 e. The first kappa shape index (κ1) is 14.9. The molecule has 0 spiro atoms. The first-order valence-corrected chi connectivity index (χ1v) is 8.48. The summed E-state index contributed by atoms with van der Waals surface area (Å²) in [6, 6.07) is 9.48. The van der Waals surface area contributed by atoms with E-state index < -0.39 is 0 Å². The average Bonchev–Trinajstić information content (AvgIpc) is 2.60. The second-order valence-corrected chi connectivity index (χ2v) is 6.63. The van der Waals surface area contributed by atoms with Gasteiger partial charge in [0.15, 0.2) is 11.6 Å². The molecule has 1 aromatic rings. The van der Waals surface area contributed by atoms with Crippen molar-refractivity contribution in [1.82, 2.24) is 5.32 Å². The molecule has 0 aromatic heterocycles. The van der Waals surface area contributed by atoms with E-state index in [9.17, 15) is 14.9 Å². The molecule has 0 unspecified atom stereocenters. The Morgan fingerprint density at radius 1 is 0.958 bits per heavy atom. The van der Waals surface area contributed by atoms with Gasteiger partial charge in [0.2, 0.25) is 0 Å². The van der Waals surface area contributed by atoms with Crippen LogP contribution in [0.15, 0.2) is 46.8 Å². The number of hydrogen-bond donors (Lipinski definition) is 1. The molecule has 4 rings (SSSR count). The van der Waals surface area contributed by atoms with Gasteiger partial charge >= 0.3 is 0 Å². The number of carbonyl (C=O) groups excluding carboxylic acids is 2. The molecule has 1 N–H and O–H groups in total. The lowest BCUT2D eigenvalue weighted by atomic mass is 9.71. The fourth-order valence-electron chi connectivity index (χ4n) is 4.10. The summed E-state index contributed by atoms with van der Waals surface area (Å²) in [6.45, 7) is 0. The zero-order valence-electron chi connectivity index (χ0n) is 13.4. The third-order valence-electron chi connectivity index (χ3n) is 5.14. The second-order valence-electron chi connectivity index (χ2n) is 6.63. The minimum absolute atomic E-state index is 0.126. The first-order valence-electron chi connectivity index (χ1n) is 8.48. The van der Waals surface area contributed by atoms with Crippen molar-refractivity contribution in [2.75, 3.05) is 0 Å². The Kier molecular flexibility index (Phi) is 3.57. The fraction of sp³-hybridized carbons (Fsp3) is 0.350. The van der Waals surface area contributed by atoms with E-state index in [0.29, 0.717) is 18.4 Å². The van der Waals surface area contributed by atoms with Crippen molar-refractivity contribution in [2.24, 2.45) is 0 Å². The van der Waals surface area contributed by atoms with Crippen LogP contribution in [-0.4, -0.2) is 11.6 Å². The molecule has 0 amide bonds. The van der Waals surface area contributed by atoms with Crippen LogP contribution in [0.2, 0.25) is 0 Å². The zero-order valence-corrected chi connectivity index (χ0v) is 13.4. The van der Waals surface area contributed by atoms with E-state index in [4.69, 9.17) is 0 Å². The standard InChI is InChI=1S/C20H18N2O2/c21-11-12-4-1-5-13(10-12)18-19-14(6-2-8-16(19)23)22-15-7-3-9-17(24)20(15)18/h1,4-5,10,18,22H,2-3,6-9H2. The predicted molar refractivity (Wildman–Crippen MR) is 88.8 cm³/mol. The maximum atomic E-state index is 12.7. The maximum absolute atomic E-state index is 12.7. The van der Waals surface area contributed by atoms with E-state index >= 15 is 0 Å². The van der Waals surface area contributed by atoms with Crippen LogP contribution >= 0.6 is 0 Å². The Bertz CT molecular complexity index is 813. The molecule has 0 radical (unpaired) electrons. The molecular formula is C20H18N2O2. The van der Waals surface area contributed by atoms with Crippen LogP contribution in [-0.2, 0) is 9.59 Å². The minimum atomic E-state index is -0.315. The quantitative estimate of drug-likeness (QED) is 0.863. The van der Waals surface area contributed by atoms with Gasteiger partial charge in [-0.3, -0.25) is 9.59 Å². The van der Waals surface area contributed by atoms with Crippen LogP contribution in [0.3, 0.4) is 0 Å². The van der Waals surface area contributed by atoms with Crippen LogP contribution in [0.1, 0.15) is 55.6 Å². The Balaban J connectivity index is 1.92. The van der Waals surface area contributed by atoms with Gasteiger partial charge in [0.1, 0.15) is 0 Å². The first-order chi connectivity index (χ1) is 11.7. The van der Waals surface area contributed by atoms with Gasteiger partial charge in [0.05, 0.1) is 11.6 Å². The highest BCUT2D eigenvalue weighted by molar-refractivity contribution is 6.06. The number of nitrogens with zero attached hydrogens (tertiary/aromatic N) is 1. The normalized spacial score (nSPS) is 21.1. The lowest BCUT2D eigenvalue weighted by Crippen LogP contribution is -2.36. The Labute approximate surface area is 140 Å². The van der Waals surface area contributed by atoms with Crippen LogP contribution in [0.5, 0.6) is 0 Å². The number of nitrogens with one attached hydrogen (secondary N) is 1. The molecular weight excluding hydrogens is 300 g/mol. The molecule has 0 saturated carbocycles. The van der Waals surface area contributed by atoms with E-state index in [1.54, 1.807) is 6.07 Å². The van der Waals surface area contributed by atoms with Crippen molar-refractivity contribution < 1.29 is 9.59 Å². The van der Waals surface area contributed by atoms with Crippen molar-refractivity contribution in [1.29, 1.82) is 5.26 Å². The number of hydrogen-bond acceptors (Lipinski definition) is 4. The van der Waals surface area contributed by atoms with Gasteiger partial charge in [-0.25, -0.2) is 0 Å². The molecule has 1 aromatic carbocycles. The van der Waals surface area contributed by atoms with E-state index in [0.717, 1.165) is 53.8 Å². The number of ketones is 2. The average molecular weight is 318 g/mol. The molecule has 0 saturated heterocycles. The highest BCUT2D eigenvalue weighted by Gasteiger charge is 2.40. The van der Waals surface area contributed by atoms with Gasteiger partial charge in [0.25, 0.3) is 0 Å². The topological polar surface area (TPSA) is 70.0 Å². The largest absolute Gasteiger partial charge is 0.362 e. The number of carbonyl (C=O) groups is 2. The lowest BCUT2D eigenvalue weighted by Gasteiger charge is -2.37. The second kappa shape index (κ2) is 5.76. The van der Waals surface area contributed by atoms with E-state index in [1.165, 1.54) is 0 Å². The zero-order chi connectivity index (χ0) is 16.7. The van der Waals surface area contributed by atoms with Gasteiger partial charge in [-0.15, -0.1) is 0 Å². The van der Waals surface area contributed by atoms with Crippen LogP contribution in [0.4, 0.5) is 0 Å². The van der Waals surface area contributed by atoms with Crippen molar-refractivity contribution in [3.05, 3.63) is 57.9 Å². The van der Waals surface area contributed by atoms with Gasteiger partial charge < -0.3 is 5.32 Å². The summed E-state index contributed by atoms with van der Waals surface area (Å²) in [5.74, 6) is -0.0628. The Morgan fingerprint density at radius 3 is 2.17 bits per heavy atom. The summed E-state index contributed by atoms with van der Waals surface area (Å²) < 4.78 is 0. The SMILES string of the molecule is N#Cc1cccc(C2C3=C(CCCC3=O)NC3=C2C(=O)CCC3)c1. The predicted octanol–water partition coefficient (Wildman–Crippen LogP) is 3.26. The molecule has 3 aliphatic rings. The smallest absolute Gasteiger partial charge is 0.161 e. The van der Waals surface area contributed by atoms with Crippen LogP contribution in [0, 0.1) is 11.3 Å². The summed E-state index contributed by atoms with van der Waals surface area (Å²) in [7, 11) is 0. The summed E-state index contributed by atoms with van der Waals surface area (Å²) in [6.07, 6.45) is 4.47. The van der Waals surface area contributed by atoms with Crippen molar-refractivity contribution >= 4 is 11.6 Å². The van der Waals surface area contributed by atoms with Crippen molar-refractivity contribution in [3.8, 4) is 6.07 Å². The maximum Gasteiger partial charge on any atom is 0.161 e. The van der Waals surface area contributed by atoms with Gasteiger partial charge in [-0.2, -0.15) is 5.26 Å². The van der Waals surface area contributed by atoms with E-state index in [-0.39, 0.29) is 17.5 Å². The number of allylic oxidation sites excluding steroid dienone is 4. The number of dihydropyridines is 1. The monoisotopic (exact) mass is 318 g/mol. The van der Waals surface area contributed by atoms with Crippen molar-refractivity contribution in [3.63, 3.8) is 0 Å². The number of Topliss-reactive ketones (excluding diaryl/α,β-unsaturated/α-hetero) is 2. The Morgan fingerprint density at radius 2 is 1.58 bits per heavy atom. The van der Waals surface area contributed by atoms with E-state index in [2.05, 4.69) is 11.4 Å². The van der Waals surface area contributed by atoms with Gasteiger partial charge in [0, 0.05) is 41.3 Å². The molecule has 4 nitrogen and oxygen atoms in total. The molecule has 1 aliphatic heterocycles. The van der Waals surface area contributed by atoms with Gasteiger partial charge in [-0.1, -0.05) is 12.1 Å². The molecule has 24 heavy (non-hydrogen) atoms. The molecule has 2 aliphatic carbocycles. The molecule has 0 fully saturated rings. The number of benzene rings is 1. The fourth-order valence-corrected chi connectivity index (χ4v) is 4.10. The summed E-state index contributed by atoms with van der Waals surface area (Å²) >= 11 is 0. The highest BCUT2D eigenvalue weighted by Crippen LogP contribution is 2.45. The third-order valence-corrected chi connectivity index (χ3v) is 5.14. The number of rotatable bonds is 1. The Hall–Kier alpha value is -2.67. The van der Waals surface area contributed by atoms with E-state index in [1.807, 2.05) is 18.2 Å². The molecule has 0 atom stereocenters. The third kappa shape index (κ3) is 2.28. The highest BCUT2D eigenvalue weighted by atomic mass is 16.1. The summed E-state index contributed by atoms with van der Waals surface area (Å²) in [4.78, 5) is 25.3. The molecule has 4 heteroatoms. The molecule has 1 heterocycles. The molecule has 0 bridgehead atoms. The van der Waals surface area contributed by atoms with Crippen LogP contribution < -0.4 is 5.32 Å². The summed E-state index contributed by atoms with van der Waals surface area (Å²) in [5.41, 5.74) is 4.87. The summed E-state index contributed by atoms with van der Waals surface area (Å²) in [5, 5.41) is 12.6. The van der Waals surface area contributed by atoms with Gasteiger partial charge in [-0.05, 0) is 43.4 Å². The van der Waals surface area contributed by atoms with Crippen molar-refractivity contribution in [2.45, 2.75) is 44.4 Å². The molecule has 120 valence electrons.